The molecule has 0 aromatic carbocycles. The molecule has 0 atom stereocenters. The van der Waals surface area contributed by atoms with E-state index in [1.54, 1.807) is 0 Å². The van der Waals surface area contributed by atoms with Gasteiger partial charge in [0.15, 0.2) is 0 Å². The minimum Gasteiger partial charge on any atom is -0.468 e. The highest BCUT2D eigenvalue weighted by Crippen LogP contribution is 1.99. The fourth-order valence-corrected chi connectivity index (χ4v) is 0.821. The van der Waals surface area contributed by atoms with Crippen LogP contribution in [0.3, 0.4) is 0 Å². The van der Waals surface area contributed by atoms with Crippen LogP contribution >= 0.6 is 0 Å². The molecule has 6 heteroatoms. The third kappa shape index (κ3) is 17.1. The zero-order valence-corrected chi connectivity index (χ0v) is 8.44. The first kappa shape index (κ1) is 18.6. The Hall–Kier alpha value is -1.14. The summed E-state index contributed by atoms with van der Waals surface area (Å²) in [6.45, 7) is 1.88. The molecule has 0 bridgehead atoms. The lowest BCUT2D eigenvalue weighted by atomic mass is 10.2. The molecule has 0 heterocycles. The fourth-order valence-electron chi connectivity index (χ4n) is 0.821. The molecule has 6 nitrogen and oxygen atoms in total. The number of rotatable bonds is 9. The number of carbonyl (C=O) groups is 2. The van der Waals surface area contributed by atoms with Crippen LogP contribution in [0.5, 0.6) is 0 Å². The minimum atomic E-state index is 0. The summed E-state index contributed by atoms with van der Waals surface area (Å²) in [4.78, 5) is 19.4. The van der Waals surface area contributed by atoms with Gasteiger partial charge in [-0.25, -0.2) is 0 Å². The highest BCUT2D eigenvalue weighted by molar-refractivity contribution is 5.36. The van der Waals surface area contributed by atoms with Crippen LogP contribution in [0.4, 0.5) is 0 Å². The van der Waals surface area contributed by atoms with E-state index in [0.717, 1.165) is 25.7 Å². The summed E-state index contributed by atoms with van der Waals surface area (Å²) >= 11 is 0. The molecule has 14 heavy (non-hydrogen) atoms. The Labute approximate surface area is 84.1 Å². The summed E-state index contributed by atoms with van der Waals surface area (Å²) in [6.07, 6.45) is 3.74. The second-order valence-electron chi connectivity index (χ2n) is 2.35. The van der Waals surface area contributed by atoms with Gasteiger partial charge in [0.25, 0.3) is 12.9 Å². The predicted molar refractivity (Wildman–Crippen MR) is 52.5 cm³/mol. The second kappa shape index (κ2) is 17.8. The summed E-state index contributed by atoms with van der Waals surface area (Å²) < 4.78 is 8.99. The average Bonchev–Trinajstić information content (AvgIpc) is 2.10. The van der Waals surface area contributed by atoms with Crippen LogP contribution in [-0.4, -0.2) is 26.2 Å². The van der Waals surface area contributed by atoms with Crippen molar-refractivity contribution in [2.45, 2.75) is 25.7 Å². The summed E-state index contributed by atoms with van der Waals surface area (Å²) in [6, 6.07) is 0. The Morgan fingerprint density at radius 1 is 0.714 bits per heavy atom. The van der Waals surface area contributed by atoms with Crippen LogP contribution in [0.1, 0.15) is 25.7 Å². The van der Waals surface area contributed by atoms with Crippen molar-refractivity contribution < 1.29 is 19.1 Å². The van der Waals surface area contributed by atoms with Crippen molar-refractivity contribution in [2.24, 2.45) is 0 Å². The van der Waals surface area contributed by atoms with Gasteiger partial charge in [0.1, 0.15) is 0 Å². The van der Waals surface area contributed by atoms with Crippen molar-refractivity contribution >= 4 is 12.9 Å². The molecule has 6 N–H and O–H groups in total. The van der Waals surface area contributed by atoms with Crippen molar-refractivity contribution in [2.75, 3.05) is 13.2 Å². The molecule has 0 saturated heterocycles. The highest BCUT2D eigenvalue weighted by Gasteiger charge is 1.90. The van der Waals surface area contributed by atoms with E-state index in [1.807, 2.05) is 0 Å². The summed E-state index contributed by atoms with van der Waals surface area (Å²) in [5.41, 5.74) is 0. The first-order chi connectivity index (χ1) is 5.91. The molecular formula is C8H20N2O4. The number of carbonyl (C=O) groups excluding carboxylic acids is 2. The standard InChI is InChI=1S/C8H14O4.2H3N/c9-7-11-5-3-1-2-4-6-12-8-10;;/h7-8H,1-6H2;2*1H3. The van der Waals surface area contributed by atoms with Crippen LogP contribution < -0.4 is 12.3 Å². The van der Waals surface area contributed by atoms with E-state index in [-0.39, 0.29) is 12.3 Å². The van der Waals surface area contributed by atoms with Gasteiger partial charge in [0, 0.05) is 0 Å². The van der Waals surface area contributed by atoms with Gasteiger partial charge in [0.2, 0.25) is 0 Å². The van der Waals surface area contributed by atoms with Crippen LogP contribution in [0.15, 0.2) is 0 Å². The molecule has 0 aliphatic carbocycles. The lowest BCUT2D eigenvalue weighted by Gasteiger charge is -1.99. The predicted octanol–water partition coefficient (Wildman–Crippen LogP) is 1.22. The molecule has 86 valence electrons. The van der Waals surface area contributed by atoms with Gasteiger partial charge >= 0.3 is 0 Å². The Morgan fingerprint density at radius 2 is 1.07 bits per heavy atom. The fraction of sp³-hybridized carbons (Fsp3) is 0.750. The summed E-state index contributed by atoms with van der Waals surface area (Å²) in [7, 11) is 0. The van der Waals surface area contributed by atoms with Crippen molar-refractivity contribution in [3.8, 4) is 0 Å². The molecule has 0 fully saturated rings. The maximum atomic E-state index is 9.70. The molecule has 0 aliphatic rings. The maximum Gasteiger partial charge on any atom is 0.293 e. The average molecular weight is 208 g/mol. The van der Waals surface area contributed by atoms with Crippen molar-refractivity contribution in [3.05, 3.63) is 0 Å². The molecule has 0 rings (SSSR count). The SMILES string of the molecule is N.N.O=COCCCCCCOC=O. The smallest absolute Gasteiger partial charge is 0.293 e. The normalized spacial score (nSPS) is 7.71. The van der Waals surface area contributed by atoms with E-state index in [0.29, 0.717) is 26.2 Å². The van der Waals surface area contributed by atoms with E-state index in [4.69, 9.17) is 0 Å². The van der Waals surface area contributed by atoms with Crippen LogP contribution in [-0.2, 0) is 19.1 Å². The van der Waals surface area contributed by atoms with E-state index >= 15 is 0 Å². The third-order valence-electron chi connectivity index (χ3n) is 1.41. The largest absolute Gasteiger partial charge is 0.468 e. The molecule has 0 aromatic heterocycles. The Balaban J connectivity index is -0.000000605. The van der Waals surface area contributed by atoms with Crippen molar-refractivity contribution in [1.29, 1.82) is 0 Å². The number of hydrogen-bond acceptors (Lipinski definition) is 6. The summed E-state index contributed by atoms with van der Waals surface area (Å²) in [5, 5.41) is 0. The molecule has 0 aromatic rings. The molecule has 0 aliphatic heterocycles. The first-order valence-electron chi connectivity index (χ1n) is 4.02. The lowest BCUT2D eigenvalue weighted by molar-refractivity contribution is -0.129. The maximum absolute atomic E-state index is 9.70. The lowest BCUT2D eigenvalue weighted by Crippen LogP contribution is -1.94. The number of ether oxygens (including phenoxy) is 2. The first-order valence-corrected chi connectivity index (χ1v) is 4.02. The van der Waals surface area contributed by atoms with E-state index in [1.165, 1.54) is 0 Å². The third-order valence-corrected chi connectivity index (χ3v) is 1.41. The molecule has 0 saturated carbocycles. The molecule has 0 spiro atoms. The van der Waals surface area contributed by atoms with E-state index in [9.17, 15) is 9.59 Å². The monoisotopic (exact) mass is 208 g/mol. The van der Waals surface area contributed by atoms with Gasteiger partial charge in [-0.05, 0) is 25.7 Å². The number of unbranched alkanes of at least 4 members (excludes halogenated alkanes) is 3. The van der Waals surface area contributed by atoms with Gasteiger partial charge in [-0.3, -0.25) is 9.59 Å². The second-order valence-corrected chi connectivity index (χ2v) is 2.35. The molecule has 0 radical (unpaired) electrons. The van der Waals surface area contributed by atoms with Gasteiger partial charge in [-0.2, -0.15) is 0 Å². The van der Waals surface area contributed by atoms with Gasteiger partial charge < -0.3 is 21.8 Å². The number of hydrogen-bond donors (Lipinski definition) is 2. The molecular weight excluding hydrogens is 188 g/mol. The zero-order valence-electron chi connectivity index (χ0n) is 8.44. The summed E-state index contributed by atoms with van der Waals surface area (Å²) in [5.74, 6) is 0. The van der Waals surface area contributed by atoms with Crippen LogP contribution in [0.25, 0.3) is 0 Å². The van der Waals surface area contributed by atoms with Crippen LogP contribution in [0.2, 0.25) is 0 Å². The topological polar surface area (TPSA) is 123 Å². The van der Waals surface area contributed by atoms with Crippen molar-refractivity contribution in [3.63, 3.8) is 0 Å². The quantitative estimate of drug-likeness (QED) is 0.433. The Morgan fingerprint density at radius 3 is 1.36 bits per heavy atom. The molecule has 0 unspecified atom stereocenters. The van der Waals surface area contributed by atoms with Crippen molar-refractivity contribution in [1.82, 2.24) is 12.3 Å². The van der Waals surface area contributed by atoms with Gasteiger partial charge in [-0.1, -0.05) is 0 Å². The van der Waals surface area contributed by atoms with Gasteiger partial charge in [0.05, 0.1) is 13.2 Å². The van der Waals surface area contributed by atoms with E-state index in [2.05, 4.69) is 9.47 Å². The Bertz CT molecular complexity index is 108. The highest BCUT2D eigenvalue weighted by atomic mass is 16.5. The van der Waals surface area contributed by atoms with Gasteiger partial charge in [-0.15, -0.1) is 0 Å². The van der Waals surface area contributed by atoms with Crippen LogP contribution in [0, 0.1) is 0 Å². The van der Waals surface area contributed by atoms with E-state index < -0.39 is 0 Å². The molecule has 0 amide bonds. The Kier molecular flexibility index (Phi) is 23.7. The zero-order chi connectivity index (χ0) is 9.07. The minimum absolute atomic E-state index is 0.